The van der Waals surface area contributed by atoms with Gasteiger partial charge in [0.05, 0.1) is 5.69 Å². The summed E-state index contributed by atoms with van der Waals surface area (Å²) in [5.74, 6) is -0.151. The van der Waals surface area contributed by atoms with Gasteiger partial charge in [0.2, 0.25) is 0 Å². The predicted molar refractivity (Wildman–Crippen MR) is 67.4 cm³/mol. The molecule has 0 aromatic heterocycles. The molecular formula is C13H21FN2. The topological polar surface area (TPSA) is 15.3 Å². The lowest BCUT2D eigenvalue weighted by atomic mass is 10.2. The summed E-state index contributed by atoms with van der Waals surface area (Å²) in [4.78, 5) is 1.96. The van der Waals surface area contributed by atoms with Crippen LogP contribution < -0.4 is 10.2 Å². The summed E-state index contributed by atoms with van der Waals surface area (Å²) < 4.78 is 13.4. The summed E-state index contributed by atoms with van der Waals surface area (Å²) in [6.07, 6.45) is 1.02. The molecular weight excluding hydrogens is 203 g/mol. The largest absolute Gasteiger partial charge is 0.372 e. The molecule has 0 heterocycles. The van der Waals surface area contributed by atoms with E-state index in [1.807, 2.05) is 24.1 Å². The fourth-order valence-corrected chi connectivity index (χ4v) is 1.59. The van der Waals surface area contributed by atoms with Crippen LogP contribution in [0.5, 0.6) is 0 Å². The lowest BCUT2D eigenvalue weighted by Gasteiger charge is -2.20. The summed E-state index contributed by atoms with van der Waals surface area (Å²) in [7, 11) is 1.92. The molecule has 0 saturated carbocycles. The molecule has 0 radical (unpaired) electrons. The quantitative estimate of drug-likeness (QED) is 0.747. The predicted octanol–water partition coefficient (Wildman–Crippen LogP) is 2.65. The summed E-state index contributed by atoms with van der Waals surface area (Å²) in [5.41, 5.74) is 0.673. The van der Waals surface area contributed by atoms with E-state index in [1.54, 1.807) is 6.07 Å². The Kier molecular flexibility index (Phi) is 5.26. The number of nitrogens with zero attached hydrogens (tertiary/aromatic N) is 1. The Balaban J connectivity index is 2.35. The second-order valence-electron chi connectivity index (χ2n) is 4.34. The van der Waals surface area contributed by atoms with Crippen molar-refractivity contribution in [1.82, 2.24) is 5.32 Å². The molecule has 0 aliphatic rings. The number of hydrogen-bond acceptors (Lipinski definition) is 2. The molecule has 0 unspecified atom stereocenters. The molecule has 1 rings (SSSR count). The molecule has 16 heavy (non-hydrogen) atoms. The monoisotopic (exact) mass is 224 g/mol. The van der Waals surface area contributed by atoms with Gasteiger partial charge in [-0.1, -0.05) is 26.0 Å². The van der Waals surface area contributed by atoms with Crippen molar-refractivity contribution in [3.05, 3.63) is 30.1 Å². The van der Waals surface area contributed by atoms with E-state index in [1.165, 1.54) is 6.07 Å². The Morgan fingerprint density at radius 3 is 2.62 bits per heavy atom. The van der Waals surface area contributed by atoms with Crippen molar-refractivity contribution < 1.29 is 4.39 Å². The molecule has 0 saturated heterocycles. The van der Waals surface area contributed by atoms with Gasteiger partial charge in [-0.15, -0.1) is 0 Å². The molecule has 1 aromatic carbocycles. The summed E-state index contributed by atoms with van der Waals surface area (Å²) in [6, 6.07) is 7.40. The maximum absolute atomic E-state index is 13.4. The fraction of sp³-hybridized carbons (Fsp3) is 0.538. The zero-order chi connectivity index (χ0) is 12.0. The molecule has 0 fully saturated rings. The Morgan fingerprint density at radius 2 is 2.00 bits per heavy atom. The fourth-order valence-electron chi connectivity index (χ4n) is 1.59. The van der Waals surface area contributed by atoms with Crippen LogP contribution in [0.3, 0.4) is 0 Å². The average molecular weight is 224 g/mol. The second kappa shape index (κ2) is 6.48. The first-order chi connectivity index (χ1) is 7.61. The van der Waals surface area contributed by atoms with E-state index in [9.17, 15) is 4.39 Å². The number of hydrogen-bond donors (Lipinski definition) is 1. The van der Waals surface area contributed by atoms with Crippen LogP contribution in [0.15, 0.2) is 24.3 Å². The number of nitrogens with one attached hydrogen (secondary N) is 1. The van der Waals surface area contributed by atoms with Crippen LogP contribution in [0.1, 0.15) is 20.3 Å². The number of halogens is 1. The molecule has 0 bridgehead atoms. The summed E-state index contributed by atoms with van der Waals surface area (Å²) in [5, 5.41) is 3.35. The zero-order valence-corrected chi connectivity index (χ0v) is 10.3. The van der Waals surface area contributed by atoms with Crippen molar-refractivity contribution in [2.75, 3.05) is 25.0 Å². The van der Waals surface area contributed by atoms with E-state index in [2.05, 4.69) is 19.2 Å². The van der Waals surface area contributed by atoms with Crippen molar-refractivity contribution in [3.63, 3.8) is 0 Å². The third kappa shape index (κ3) is 4.19. The third-order valence-corrected chi connectivity index (χ3v) is 2.49. The molecule has 0 aliphatic carbocycles. The van der Waals surface area contributed by atoms with Gasteiger partial charge in [-0.25, -0.2) is 4.39 Å². The van der Waals surface area contributed by atoms with Gasteiger partial charge < -0.3 is 10.2 Å². The number of benzene rings is 1. The highest BCUT2D eigenvalue weighted by molar-refractivity contribution is 5.46. The van der Waals surface area contributed by atoms with E-state index in [4.69, 9.17) is 0 Å². The van der Waals surface area contributed by atoms with Crippen LogP contribution >= 0.6 is 0 Å². The maximum Gasteiger partial charge on any atom is 0.146 e. The van der Waals surface area contributed by atoms with Crippen molar-refractivity contribution in [1.29, 1.82) is 0 Å². The Labute approximate surface area is 97.5 Å². The van der Waals surface area contributed by atoms with E-state index in [0.717, 1.165) is 19.5 Å². The Bertz CT molecular complexity index is 313. The normalized spacial score (nSPS) is 10.8. The minimum absolute atomic E-state index is 0.151. The minimum Gasteiger partial charge on any atom is -0.372 e. The van der Waals surface area contributed by atoms with Crippen LogP contribution in [0.4, 0.5) is 10.1 Å². The van der Waals surface area contributed by atoms with E-state index in [-0.39, 0.29) is 5.82 Å². The minimum atomic E-state index is -0.151. The molecule has 90 valence electrons. The van der Waals surface area contributed by atoms with Crippen molar-refractivity contribution in [2.24, 2.45) is 0 Å². The van der Waals surface area contributed by atoms with Crippen LogP contribution in [0, 0.1) is 5.82 Å². The van der Waals surface area contributed by atoms with Gasteiger partial charge in [-0.05, 0) is 25.1 Å². The van der Waals surface area contributed by atoms with Crippen LogP contribution in [-0.2, 0) is 0 Å². The molecule has 0 aliphatic heterocycles. The summed E-state index contributed by atoms with van der Waals surface area (Å²) in [6.45, 7) is 6.08. The van der Waals surface area contributed by atoms with Crippen molar-refractivity contribution >= 4 is 5.69 Å². The van der Waals surface area contributed by atoms with Crippen molar-refractivity contribution in [3.8, 4) is 0 Å². The number of rotatable bonds is 6. The zero-order valence-electron chi connectivity index (χ0n) is 10.3. The van der Waals surface area contributed by atoms with Gasteiger partial charge in [0.1, 0.15) is 5.82 Å². The maximum atomic E-state index is 13.4. The first kappa shape index (κ1) is 13.0. The van der Waals surface area contributed by atoms with Gasteiger partial charge in [-0.3, -0.25) is 0 Å². The Hall–Kier alpha value is -1.09. The van der Waals surface area contributed by atoms with Gasteiger partial charge in [0, 0.05) is 19.6 Å². The van der Waals surface area contributed by atoms with Gasteiger partial charge in [0.25, 0.3) is 0 Å². The molecule has 0 amide bonds. The highest BCUT2D eigenvalue weighted by Crippen LogP contribution is 2.16. The smallest absolute Gasteiger partial charge is 0.146 e. The first-order valence-electron chi connectivity index (χ1n) is 5.80. The second-order valence-corrected chi connectivity index (χ2v) is 4.34. The molecule has 1 N–H and O–H groups in total. The first-order valence-corrected chi connectivity index (χ1v) is 5.80. The van der Waals surface area contributed by atoms with E-state index in [0.29, 0.717) is 11.7 Å². The van der Waals surface area contributed by atoms with Gasteiger partial charge in [0.15, 0.2) is 0 Å². The number of para-hydroxylation sites is 1. The SMILES string of the molecule is CC(C)NCCCN(C)c1ccccc1F. The van der Waals surface area contributed by atoms with Crippen LogP contribution in [0.25, 0.3) is 0 Å². The van der Waals surface area contributed by atoms with E-state index >= 15 is 0 Å². The lowest BCUT2D eigenvalue weighted by Crippen LogP contribution is -2.28. The standard InChI is InChI=1S/C13H21FN2/c1-11(2)15-9-6-10-16(3)13-8-5-4-7-12(13)14/h4-5,7-8,11,15H,6,9-10H2,1-3H3. The number of anilines is 1. The van der Waals surface area contributed by atoms with Gasteiger partial charge >= 0.3 is 0 Å². The van der Waals surface area contributed by atoms with Gasteiger partial charge in [-0.2, -0.15) is 0 Å². The molecule has 0 spiro atoms. The molecule has 2 nitrogen and oxygen atoms in total. The van der Waals surface area contributed by atoms with Crippen molar-refractivity contribution in [2.45, 2.75) is 26.3 Å². The highest BCUT2D eigenvalue weighted by Gasteiger charge is 2.05. The molecule has 3 heteroatoms. The van der Waals surface area contributed by atoms with E-state index < -0.39 is 0 Å². The van der Waals surface area contributed by atoms with Crippen LogP contribution in [-0.4, -0.2) is 26.2 Å². The summed E-state index contributed by atoms with van der Waals surface area (Å²) >= 11 is 0. The Morgan fingerprint density at radius 1 is 1.31 bits per heavy atom. The van der Waals surface area contributed by atoms with Crippen LogP contribution in [0.2, 0.25) is 0 Å². The molecule has 1 aromatic rings. The highest BCUT2D eigenvalue weighted by atomic mass is 19.1. The lowest BCUT2D eigenvalue weighted by molar-refractivity contribution is 0.566. The third-order valence-electron chi connectivity index (χ3n) is 2.49. The average Bonchev–Trinajstić information content (AvgIpc) is 2.24. The molecule has 0 atom stereocenters.